The minimum atomic E-state index is -1.37. The Labute approximate surface area is 284 Å². The Morgan fingerprint density at radius 1 is 1.00 bits per heavy atom. The van der Waals surface area contributed by atoms with Gasteiger partial charge in [-0.2, -0.15) is 0 Å². The maximum Gasteiger partial charge on any atom is 0.332 e. The van der Waals surface area contributed by atoms with Crippen molar-refractivity contribution in [1.82, 2.24) is 19.4 Å². The molecule has 0 spiro atoms. The number of methoxy groups -OCH3 is 2. The smallest absolute Gasteiger partial charge is 0.332 e. The Balaban J connectivity index is 1.35. The Kier molecular flexibility index (Phi) is 8.18. The number of aryl methyl sites for hydroxylation is 1. The van der Waals surface area contributed by atoms with E-state index >= 15 is 0 Å². The molecule has 2 aliphatic rings. The summed E-state index contributed by atoms with van der Waals surface area (Å²) in [7, 11) is 6.44. The number of ether oxygens (including phenoxy) is 2. The minimum absolute atomic E-state index is 0.0743. The lowest BCUT2D eigenvalue weighted by Crippen LogP contribution is -2.58. The molecule has 0 bridgehead atoms. The van der Waals surface area contributed by atoms with Gasteiger partial charge in [-0.1, -0.05) is 30.3 Å². The van der Waals surface area contributed by atoms with Crippen molar-refractivity contribution < 1.29 is 29.0 Å². The lowest BCUT2D eigenvalue weighted by molar-refractivity contribution is -0.153. The lowest BCUT2D eigenvalue weighted by Gasteiger charge is -2.40. The van der Waals surface area contributed by atoms with Gasteiger partial charge in [-0.3, -0.25) is 9.59 Å². The highest BCUT2D eigenvalue weighted by atomic mass is 16.5. The highest BCUT2D eigenvalue weighted by molar-refractivity contribution is 6.00. The van der Waals surface area contributed by atoms with Crippen LogP contribution in [0.2, 0.25) is 0 Å². The van der Waals surface area contributed by atoms with E-state index in [1.807, 2.05) is 60.8 Å². The summed E-state index contributed by atoms with van der Waals surface area (Å²) in [5.41, 5.74) is 4.37. The molecule has 10 nitrogen and oxygen atoms in total. The van der Waals surface area contributed by atoms with Gasteiger partial charge in [0.05, 0.1) is 14.2 Å². The summed E-state index contributed by atoms with van der Waals surface area (Å²) in [4.78, 5) is 49.1. The second kappa shape index (κ2) is 12.5. The summed E-state index contributed by atoms with van der Waals surface area (Å²) in [6.07, 6.45) is 3.37. The van der Waals surface area contributed by atoms with Crippen LogP contribution in [0.5, 0.6) is 11.5 Å². The second-order valence-electron chi connectivity index (χ2n) is 13.2. The Morgan fingerprint density at radius 3 is 2.45 bits per heavy atom. The number of hydrogen-bond acceptors (Lipinski definition) is 6. The molecule has 3 atom stereocenters. The number of nitrogens with one attached hydrogen (secondary N) is 1. The molecule has 0 radical (unpaired) electrons. The number of phenols is 1. The van der Waals surface area contributed by atoms with Gasteiger partial charge in [0, 0.05) is 67.9 Å². The van der Waals surface area contributed by atoms with E-state index in [1.165, 1.54) is 7.11 Å². The third-order valence-electron chi connectivity index (χ3n) is 10.3. The number of amides is 2. The highest BCUT2D eigenvalue weighted by Crippen LogP contribution is 2.55. The first-order valence-corrected chi connectivity index (χ1v) is 16.5. The van der Waals surface area contributed by atoms with Gasteiger partial charge in [-0.15, -0.1) is 0 Å². The average molecular weight is 661 g/mol. The van der Waals surface area contributed by atoms with E-state index in [1.54, 1.807) is 55.3 Å². The molecule has 252 valence electrons. The summed E-state index contributed by atoms with van der Waals surface area (Å²) in [5.74, 6) is -0.468. The van der Waals surface area contributed by atoms with Crippen molar-refractivity contribution in [2.45, 2.75) is 37.3 Å². The van der Waals surface area contributed by atoms with Crippen LogP contribution in [-0.4, -0.2) is 82.6 Å². The van der Waals surface area contributed by atoms with E-state index in [-0.39, 0.29) is 29.9 Å². The summed E-state index contributed by atoms with van der Waals surface area (Å²) in [6, 6.07) is 23.8. The molecule has 1 aliphatic carbocycles. The molecule has 7 rings (SSSR count). The van der Waals surface area contributed by atoms with Gasteiger partial charge in [0.15, 0.2) is 5.54 Å². The van der Waals surface area contributed by atoms with E-state index in [2.05, 4.69) is 9.55 Å². The Bertz CT molecular complexity index is 2050. The van der Waals surface area contributed by atoms with Crippen molar-refractivity contribution >= 4 is 28.7 Å². The fourth-order valence-electron chi connectivity index (χ4n) is 8.12. The molecule has 1 aliphatic heterocycles. The molecule has 1 saturated heterocycles. The van der Waals surface area contributed by atoms with E-state index in [9.17, 15) is 19.5 Å². The molecule has 2 aromatic heterocycles. The number of carbonyl (C=O) groups is 3. The minimum Gasteiger partial charge on any atom is -0.508 e. The molecule has 49 heavy (non-hydrogen) atoms. The summed E-state index contributed by atoms with van der Waals surface area (Å²) < 4.78 is 13.1. The van der Waals surface area contributed by atoms with Crippen LogP contribution in [-0.2, 0) is 35.3 Å². The zero-order valence-corrected chi connectivity index (χ0v) is 28.1. The van der Waals surface area contributed by atoms with Crippen molar-refractivity contribution in [2.24, 2.45) is 5.92 Å². The van der Waals surface area contributed by atoms with E-state index in [0.29, 0.717) is 42.9 Å². The van der Waals surface area contributed by atoms with E-state index < -0.39 is 17.4 Å². The number of esters is 1. The first-order valence-electron chi connectivity index (χ1n) is 16.5. The lowest BCUT2D eigenvalue weighted by atomic mass is 9.75. The quantitative estimate of drug-likeness (QED) is 0.210. The molecule has 5 aromatic rings. The normalized spacial score (nSPS) is 19.5. The number of carbonyl (C=O) groups excluding carboxylic acids is 3. The van der Waals surface area contributed by atoms with E-state index in [0.717, 1.165) is 33.3 Å². The molecular formula is C39H40N4O6. The molecule has 0 unspecified atom stereocenters. The molecule has 2 amide bonds. The zero-order valence-electron chi connectivity index (χ0n) is 28.1. The first-order chi connectivity index (χ1) is 23.7. The van der Waals surface area contributed by atoms with Crippen LogP contribution in [0.3, 0.4) is 0 Å². The number of rotatable bonds is 9. The number of fused-ring (bicyclic) bond motifs is 4. The topological polar surface area (TPSA) is 117 Å². The number of aromatic amines is 1. The fraction of sp³-hybridized carbons (Fsp3) is 0.308. The van der Waals surface area contributed by atoms with Gasteiger partial charge in [-0.25, -0.2) is 4.79 Å². The highest BCUT2D eigenvalue weighted by Gasteiger charge is 2.64. The van der Waals surface area contributed by atoms with Crippen LogP contribution in [0, 0.1) is 5.92 Å². The number of phenolic OH excluding ortho intramolecular Hbond substituents is 1. The van der Waals surface area contributed by atoms with Gasteiger partial charge in [0.2, 0.25) is 0 Å². The number of nitrogens with zero attached hydrogens (tertiary/aromatic N) is 3. The third-order valence-corrected chi connectivity index (χ3v) is 10.3. The molecular weight excluding hydrogens is 620 g/mol. The largest absolute Gasteiger partial charge is 0.508 e. The van der Waals surface area contributed by atoms with Gasteiger partial charge in [-0.05, 0) is 84.0 Å². The number of likely N-dealkylation sites (tertiary alicyclic amines) is 1. The van der Waals surface area contributed by atoms with Crippen LogP contribution in [0.4, 0.5) is 0 Å². The van der Waals surface area contributed by atoms with Crippen molar-refractivity contribution in [1.29, 1.82) is 0 Å². The number of aromatic nitrogens is 2. The predicted octanol–water partition coefficient (Wildman–Crippen LogP) is 5.19. The molecule has 1 fully saturated rings. The number of benzene rings is 3. The molecule has 3 aromatic carbocycles. The molecule has 10 heteroatoms. The van der Waals surface area contributed by atoms with Gasteiger partial charge in [0.25, 0.3) is 11.8 Å². The summed E-state index contributed by atoms with van der Waals surface area (Å²) in [6.45, 7) is 0.875. The van der Waals surface area contributed by atoms with Crippen molar-refractivity contribution in [3.8, 4) is 11.5 Å². The standard InChI is InChI=1S/C39H40N4O6/c1-41(2)37(46)34-20-31-33(42(34)17-16-26-22-40-32-15-12-28(44)19-30(26)32)18-27-23-43(36(45)25-8-6-5-7-9-25)39(35(27)31,38(47)49-4)21-24-10-13-29(48-3)14-11-24/h5-15,19-20,22,27,35,40,44H,16-18,21,23H2,1-4H3/t27-,35+,39+/m0/s1. The fourth-order valence-corrected chi connectivity index (χ4v) is 8.12. The Hall–Kier alpha value is -5.51. The number of hydrogen-bond donors (Lipinski definition) is 2. The van der Waals surface area contributed by atoms with Crippen LogP contribution in [0.25, 0.3) is 10.9 Å². The average Bonchev–Trinajstić information content (AvgIpc) is 3.86. The van der Waals surface area contributed by atoms with E-state index in [4.69, 9.17) is 9.47 Å². The van der Waals surface area contributed by atoms with Gasteiger partial charge in [0.1, 0.15) is 17.2 Å². The Morgan fingerprint density at radius 2 is 1.76 bits per heavy atom. The number of H-pyrrole nitrogens is 1. The van der Waals surface area contributed by atoms with Gasteiger partial charge >= 0.3 is 5.97 Å². The van der Waals surface area contributed by atoms with Crippen molar-refractivity contribution in [3.05, 3.63) is 119 Å². The maximum absolute atomic E-state index is 14.4. The van der Waals surface area contributed by atoms with Crippen LogP contribution < -0.4 is 4.74 Å². The monoisotopic (exact) mass is 660 g/mol. The molecule has 3 heterocycles. The van der Waals surface area contributed by atoms with Crippen molar-refractivity contribution in [3.63, 3.8) is 0 Å². The number of aromatic hydroxyl groups is 1. The van der Waals surface area contributed by atoms with Crippen LogP contribution in [0.15, 0.2) is 85.1 Å². The maximum atomic E-state index is 14.4. The van der Waals surface area contributed by atoms with Gasteiger partial charge < -0.3 is 33.9 Å². The summed E-state index contributed by atoms with van der Waals surface area (Å²) >= 11 is 0. The zero-order chi connectivity index (χ0) is 34.4. The SMILES string of the molecule is COC(=O)[C@@]1(Cc2ccc(OC)cc2)[C@H]2c3cc(C(=O)N(C)C)n(CCc4c[nH]c5ccc(O)cc45)c3C[C@H]2CN1C(=O)c1ccccc1. The molecule has 0 saturated carbocycles. The van der Waals surface area contributed by atoms with Crippen LogP contribution >= 0.6 is 0 Å². The molecule has 2 N–H and O–H groups in total. The third kappa shape index (κ3) is 5.31. The van der Waals surface area contributed by atoms with Crippen LogP contribution in [0.1, 0.15) is 49.1 Å². The summed E-state index contributed by atoms with van der Waals surface area (Å²) in [5, 5.41) is 11.1. The second-order valence-corrected chi connectivity index (χ2v) is 13.2. The first kappa shape index (κ1) is 32.1. The van der Waals surface area contributed by atoms with Crippen molar-refractivity contribution in [2.75, 3.05) is 34.9 Å². The predicted molar refractivity (Wildman–Crippen MR) is 185 cm³/mol.